The fourth-order valence-corrected chi connectivity index (χ4v) is 10.2. The average molecular weight is 472 g/mol. The molecular weight excluding hydrogens is 450 g/mol. The van der Waals surface area contributed by atoms with E-state index in [0.717, 1.165) is 17.1 Å². The molecule has 0 bridgehead atoms. The molecular formula is C30H21NO3Si. The summed E-state index contributed by atoms with van der Waals surface area (Å²) >= 11 is 0. The second kappa shape index (κ2) is 8.38. The number of hydrogen-bond donors (Lipinski definition) is 0. The van der Waals surface area contributed by atoms with E-state index in [1.54, 1.807) is 18.2 Å². The van der Waals surface area contributed by atoms with Crippen LogP contribution in [0.25, 0.3) is 11.1 Å². The predicted molar refractivity (Wildman–Crippen MR) is 142 cm³/mol. The fraction of sp³-hybridized carbons (Fsp3) is 0. The Morgan fingerprint density at radius 3 is 1.71 bits per heavy atom. The summed E-state index contributed by atoms with van der Waals surface area (Å²) in [6.07, 6.45) is 0. The fourth-order valence-electron chi connectivity index (χ4n) is 5.25. The topological polar surface area (TPSA) is 52.4 Å². The highest BCUT2D eigenvalue weighted by molar-refractivity contribution is 7.20. The highest BCUT2D eigenvalue weighted by Gasteiger charge is 2.47. The number of nitro benzene ring substituents is 1. The third-order valence-electron chi connectivity index (χ3n) is 6.74. The normalized spacial score (nSPS) is 13.3. The Labute approximate surface area is 204 Å². The lowest BCUT2D eigenvalue weighted by Crippen LogP contribution is -2.76. The monoisotopic (exact) mass is 471 g/mol. The Kier molecular flexibility index (Phi) is 5.05. The number of nitrogens with zero attached hydrogens (tertiary/aromatic N) is 1. The number of fused-ring (bicyclic) bond motifs is 2. The van der Waals surface area contributed by atoms with Gasteiger partial charge in [0.05, 0.1) is 10.5 Å². The van der Waals surface area contributed by atoms with Crippen molar-refractivity contribution in [2.45, 2.75) is 0 Å². The average Bonchev–Trinajstić information content (AvgIpc) is 2.92. The van der Waals surface area contributed by atoms with Gasteiger partial charge in [0, 0.05) is 6.07 Å². The Bertz CT molecular complexity index is 1500. The van der Waals surface area contributed by atoms with Gasteiger partial charge in [0.1, 0.15) is 11.5 Å². The SMILES string of the molecule is O=[N+]([O-])c1ccccc1-c1ccc([Si]2(c3ccccc3)c3ccccc3Oc3ccccc32)cc1. The van der Waals surface area contributed by atoms with Crippen molar-refractivity contribution in [2.24, 2.45) is 0 Å². The first kappa shape index (κ1) is 21.1. The van der Waals surface area contributed by atoms with E-state index in [0.29, 0.717) is 5.56 Å². The zero-order valence-electron chi connectivity index (χ0n) is 18.8. The first-order chi connectivity index (χ1) is 17.2. The summed E-state index contributed by atoms with van der Waals surface area (Å²) in [5.41, 5.74) is 1.55. The Hall–Kier alpha value is -4.48. The number of ether oxygens (including phenoxy) is 1. The van der Waals surface area contributed by atoms with Gasteiger partial charge in [-0.3, -0.25) is 10.1 Å². The van der Waals surface area contributed by atoms with Crippen LogP contribution in [0.15, 0.2) is 127 Å². The van der Waals surface area contributed by atoms with E-state index in [1.165, 1.54) is 20.7 Å². The van der Waals surface area contributed by atoms with Gasteiger partial charge in [0.25, 0.3) is 5.69 Å². The maximum Gasteiger partial charge on any atom is 0.277 e. The third kappa shape index (κ3) is 3.28. The number of rotatable bonds is 4. The molecule has 0 unspecified atom stereocenters. The summed E-state index contributed by atoms with van der Waals surface area (Å²) in [6, 6.07) is 42.4. The van der Waals surface area contributed by atoms with Crippen LogP contribution in [-0.2, 0) is 0 Å². The molecule has 1 aliphatic rings. The molecule has 0 N–H and O–H groups in total. The second-order valence-corrected chi connectivity index (χ2v) is 12.3. The lowest BCUT2D eigenvalue weighted by atomic mass is 10.0. The van der Waals surface area contributed by atoms with Gasteiger partial charge >= 0.3 is 0 Å². The van der Waals surface area contributed by atoms with E-state index in [-0.39, 0.29) is 10.6 Å². The molecule has 6 rings (SSSR count). The number of benzene rings is 5. The van der Waals surface area contributed by atoms with E-state index in [1.807, 2.05) is 48.5 Å². The quantitative estimate of drug-likeness (QED) is 0.212. The molecule has 35 heavy (non-hydrogen) atoms. The van der Waals surface area contributed by atoms with Gasteiger partial charge in [0.2, 0.25) is 0 Å². The van der Waals surface area contributed by atoms with Crippen molar-refractivity contribution >= 4 is 34.5 Å². The highest BCUT2D eigenvalue weighted by atomic mass is 28.3. The van der Waals surface area contributed by atoms with Gasteiger partial charge in [-0.1, -0.05) is 103 Å². The van der Waals surface area contributed by atoms with Crippen molar-refractivity contribution < 1.29 is 9.66 Å². The number of hydrogen-bond acceptors (Lipinski definition) is 3. The van der Waals surface area contributed by atoms with Gasteiger partial charge in [0.15, 0.2) is 8.07 Å². The molecule has 0 spiro atoms. The highest BCUT2D eigenvalue weighted by Crippen LogP contribution is 2.31. The first-order valence-corrected chi connectivity index (χ1v) is 13.5. The zero-order chi connectivity index (χ0) is 23.8. The molecule has 5 heteroatoms. The molecule has 1 heterocycles. The van der Waals surface area contributed by atoms with Crippen molar-refractivity contribution in [2.75, 3.05) is 0 Å². The first-order valence-electron chi connectivity index (χ1n) is 11.5. The van der Waals surface area contributed by atoms with Crippen LogP contribution in [0.2, 0.25) is 0 Å². The summed E-state index contributed by atoms with van der Waals surface area (Å²) in [5, 5.41) is 16.5. The Balaban J connectivity index is 1.63. The molecule has 0 saturated carbocycles. The van der Waals surface area contributed by atoms with E-state index >= 15 is 0 Å². The maximum absolute atomic E-state index is 11.6. The van der Waals surface area contributed by atoms with E-state index in [4.69, 9.17) is 4.74 Å². The van der Waals surface area contributed by atoms with Crippen molar-refractivity contribution in [1.29, 1.82) is 0 Å². The molecule has 168 valence electrons. The molecule has 0 amide bonds. The van der Waals surface area contributed by atoms with Crippen LogP contribution in [0, 0.1) is 10.1 Å². The Morgan fingerprint density at radius 1 is 0.571 bits per heavy atom. The predicted octanol–water partition coefficient (Wildman–Crippen LogP) is 4.74. The molecule has 0 atom stereocenters. The van der Waals surface area contributed by atoms with Crippen LogP contribution >= 0.6 is 0 Å². The van der Waals surface area contributed by atoms with Gasteiger partial charge in [-0.05, 0) is 44.5 Å². The van der Waals surface area contributed by atoms with Crippen LogP contribution < -0.4 is 25.5 Å². The molecule has 5 aromatic carbocycles. The number of nitro groups is 1. The molecule has 5 aromatic rings. The van der Waals surface area contributed by atoms with Gasteiger partial charge < -0.3 is 4.74 Å². The minimum absolute atomic E-state index is 0.108. The van der Waals surface area contributed by atoms with Crippen LogP contribution in [0.4, 0.5) is 5.69 Å². The van der Waals surface area contributed by atoms with Crippen LogP contribution in [-0.4, -0.2) is 13.0 Å². The molecule has 0 aliphatic carbocycles. The minimum Gasteiger partial charge on any atom is -0.458 e. The van der Waals surface area contributed by atoms with Gasteiger partial charge in [-0.25, -0.2) is 0 Å². The van der Waals surface area contributed by atoms with Crippen LogP contribution in [0.3, 0.4) is 0 Å². The van der Waals surface area contributed by atoms with Crippen molar-refractivity contribution in [3.05, 3.63) is 138 Å². The Morgan fingerprint density at radius 2 is 1.09 bits per heavy atom. The summed E-state index contributed by atoms with van der Waals surface area (Å²) in [4.78, 5) is 11.3. The lowest BCUT2D eigenvalue weighted by molar-refractivity contribution is -0.384. The molecule has 4 nitrogen and oxygen atoms in total. The second-order valence-electron chi connectivity index (χ2n) is 8.56. The van der Waals surface area contributed by atoms with Gasteiger partial charge in [-0.15, -0.1) is 0 Å². The maximum atomic E-state index is 11.6. The van der Waals surface area contributed by atoms with Crippen LogP contribution in [0.1, 0.15) is 0 Å². The standard InChI is InChI=1S/C30H21NO3Si/c32-31(33)26-13-5-4-12-25(26)22-18-20-24(21-19-22)35(23-10-2-1-3-11-23)29-16-8-6-14-27(29)34-28-15-7-9-17-30(28)35/h1-21H. The summed E-state index contributed by atoms with van der Waals surface area (Å²) in [6.45, 7) is 0. The number of para-hydroxylation sites is 3. The third-order valence-corrected chi connectivity index (χ3v) is 11.6. The van der Waals surface area contributed by atoms with Crippen molar-refractivity contribution in [1.82, 2.24) is 0 Å². The van der Waals surface area contributed by atoms with E-state index in [9.17, 15) is 10.1 Å². The zero-order valence-corrected chi connectivity index (χ0v) is 19.8. The van der Waals surface area contributed by atoms with Gasteiger partial charge in [-0.2, -0.15) is 0 Å². The van der Waals surface area contributed by atoms with E-state index in [2.05, 4.69) is 60.7 Å². The smallest absolute Gasteiger partial charge is 0.277 e. The lowest BCUT2D eigenvalue weighted by Gasteiger charge is -2.39. The summed E-state index contributed by atoms with van der Waals surface area (Å²) in [7, 11) is -2.69. The molecule has 0 aromatic heterocycles. The van der Waals surface area contributed by atoms with Crippen LogP contribution in [0.5, 0.6) is 11.5 Å². The van der Waals surface area contributed by atoms with E-state index < -0.39 is 8.07 Å². The largest absolute Gasteiger partial charge is 0.458 e. The van der Waals surface area contributed by atoms with Crippen molar-refractivity contribution in [3.63, 3.8) is 0 Å². The molecule has 1 aliphatic heterocycles. The summed E-state index contributed by atoms with van der Waals surface area (Å²) in [5.74, 6) is 1.76. The van der Waals surface area contributed by atoms with Crippen molar-refractivity contribution in [3.8, 4) is 22.6 Å². The minimum atomic E-state index is -2.69. The summed E-state index contributed by atoms with van der Waals surface area (Å²) < 4.78 is 6.37. The molecule has 0 fully saturated rings. The molecule has 0 radical (unpaired) electrons. The molecule has 0 saturated heterocycles.